The first kappa shape index (κ1) is 107. The Morgan fingerprint density at radius 2 is 0.644 bits per heavy atom. The molecular weight excluding hydrogens is 1860 g/mol. The molecule has 0 spiro atoms. The number of benzene rings is 7. The van der Waals surface area contributed by atoms with Gasteiger partial charge in [0.1, 0.15) is 0 Å². The third kappa shape index (κ3) is 33.5. The third-order valence-corrected chi connectivity index (χ3v) is 17.4. The first-order valence-corrected chi connectivity index (χ1v) is 37.1. The maximum atomic E-state index is 10.0. The van der Waals surface area contributed by atoms with Gasteiger partial charge in [-0.15, -0.1) is 82.4 Å². The largest absolute Gasteiger partial charge is 0.540 e. The van der Waals surface area contributed by atoms with E-state index in [2.05, 4.69) is 162 Å². The molecule has 7 aromatic carbocycles. The van der Waals surface area contributed by atoms with Crippen LogP contribution in [0.1, 0.15) is 125 Å². The van der Waals surface area contributed by atoms with Crippen LogP contribution in [0.5, 0.6) is 17.2 Å². The van der Waals surface area contributed by atoms with E-state index in [0.29, 0.717) is 22.9 Å². The normalized spacial score (nSPS) is 10.5. The van der Waals surface area contributed by atoms with Crippen LogP contribution in [-0.2, 0) is 131 Å². The summed E-state index contributed by atoms with van der Waals surface area (Å²) < 4.78 is 15.8. The molecule has 18 nitrogen and oxygen atoms in total. The third-order valence-electron chi connectivity index (χ3n) is 17.1. The van der Waals surface area contributed by atoms with Crippen LogP contribution in [0.2, 0.25) is 0 Å². The Balaban J connectivity index is 0.000000722. The van der Waals surface area contributed by atoms with Gasteiger partial charge in [0.15, 0.2) is 17.3 Å². The summed E-state index contributed by atoms with van der Waals surface area (Å²) in [4.78, 5) is 47.7. The van der Waals surface area contributed by atoms with Crippen LogP contribution in [0.4, 0.5) is 0 Å². The fraction of sp³-hybridized carbons (Fsp3) is 0.253. The zero-order valence-corrected chi connectivity index (χ0v) is 77.0. The Morgan fingerprint density at radius 1 is 0.356 bits per heavy atom. The molecule has 11 aromatic rings. The standard InChI is InChI=1S/3C22H22NO2.C14H14NO2S.3C5H8O2.4Rh/c1-14-9-15(2)22(16(3)10-14)17-7-8-23-21(12-17)20-6-5-19(25-4)11-18(20)13-24;1-14-9-15(2)22(16(3)10-14)20-12-18(25-4)5-6-19(20)21-11-17(13-24)7-8-23-21;1-14-8-15(2)22(16(3)9-14)18-4-5-20(19(11-18)13-25)21-10-17(12-24)6-7-23-21;1-17-12-2-3-13(11(7-12)8-16)14-6-10(9-18)4-5-15-14;3*1-4(6)3-5(2)7;;;;/h2*5,7-12,24H,13H2,1-4H3;4,6-11,24-25H,12-13H2,1-3H3;2,4-7,16,18H,8-9H2,1H3;3*3,6H,1-2H3;;;;/q4*-1;;;;;;;. The van der Waals surface area contributed by atoms with Gasteiger partial charge in [-0.1, -0.05) is 151 Å². The molecule has 0 atom stereocenters. The monoisotopic (exact) mass is 1970 g/mol. The molecule has 0 amide bonds. The van der Waals surface area contributed by atoms with E-state index in [9.17, 15) is 39.9 Å². The van der Waals surface area contributed by atoms with Gasteiger partial charge in [-0.3, -0.25) is 14.4 Å². The molecule has 4 radical (unpaired) electrons. The maximum Gasteiger partial charge on any atom is 0.155 e. The quantitative estimate of drug-likeness (QED) is 0.0119. The molecule has 0 bridgehead atoms. The smallest absolute Gasteiger partial charge is 0.155 e. The van der Waals surface area contributed by atoms with Crippen LogP contribution in [-0.4, -0.2) is 99.5 Å². The predicted octanol–water partition coefficient (Wildman–Crippen LogP) is 19.0. The number of methoxy groups -OCH3 is 3. The van der Waals surface area contributed by atoms with E-state index in [1.807, 2.05) is 72.9 Å². The average Bonchev–Trinajstić information content (AvgIpc) is 0.837. The van der Waals surface area contributed by atoms with Crippen LogP contribution in [0.15, 0.2) is 194 Å². The number of rotatable bonds is 19. The molecule has 0 saturated carbocycles. The van der Waals surface area contributed by atoms with Gasteiger partial charge in [-0.25, -0.2) is 0 Å². The minimum Gasteiger partial charge on any atom is -0.540 e. The molecule has 23 heteroatoms. The Labute approximate surface area is 752 Å². The van der Waals surface area contributed by atoms with Crippen molar-refractivity contribution in [3.63, 3.8) is 0 Å². The van der Waals surface area contributed by atoms with E-state index >= 15 is 0 Å². The van der Waals surface area contributed by atoms with Crippen molar-refractivity contribution < 1.29 is 147 Å². The molecular formula is C95H104N4O14Rh4S-4. The predicted molar refractivity (Wildman–Crippen MR) is 456 cm³/mol. The summed E-state index contributed by atoms with van der Waals surface area (Å²) in [5.74, 6) is 2.58. The minimum atomic E-state index is -0.125. The second-order valence-corrected chi connectivity index (χ2v) is 27.3. The number of thiol groups is 1. The molecule has 0 saturated heterocycles. The molecule has 11 rings (SSSR count). The number of carbonyl (C=O) groups is 3. The number of nitrogens with zero attached hydrogens (tertiary/aromatic N) is 4. The Kier molecular flexibility index (Phi) is 49.0. The number of aliphatic hydroxyl groups is 8. The number of ketones is 3. The number of aliphatic hydroxyl groups excluding tert-OH is 8. The Bertz CT molecular complexity index is 5080. The number of pyridine rings is 4. The van der Waals surface area contributed by atoms with Crippen molar-refractivity contribution in [3.05, 3.63) is 301 Å². The number of hydrogen-bond acceptors (Lipinski definition) is 19. The van der Waals surface area contributed by atoms with Crippen LogP contribution in [0.25, 0.3) is 78.4 Å². The van der Waals surface area contributed by atoms with Gasteiger partial charge in [0, 0.05) is 164 Å². The Hall–Kier alpha value is -9.19. The molecule has 0 aliphatic heterocycles. The van der Waals surface area contributed by atoms with Gasteiger partial charge in [0.2, 0.25) is 0 Å². The summed E-state index contributed by atoms with van der Waals surface area (Å²) >= 11 is 4.24. The summed E-state index contributed by atoms with van der Waals surface area (Å²) in [6.07, 6.45) is 10.4. The molecule has 0 aliphatic rings. The van der Waals surface area contributed by atoms with Crippen LogP contribution >= 0.6 is 12.6 Å². The Morgan fingerprint density at radius 3 is 0.966 bits per heavy atom. The number of hydrogen-bond donors (Lipinski definition) is 9. The van der Waals surface area contributed by atoms with Crippen LogP contribution in [0, 0.1) is 86.6 Å². The molecule has 8 N–H and O–H groups in total. The first-order valence-electron chi connectivity index (χ1n) is 36.4. The van der Waals surface area contributed by atoms with Crippen molar-refractivity contribution in [2.75, 3.05) is 21.3 Å². The molecule has 118 heavy (non-hydrogen) atoms. The molecule has 4 heterocycles. The van der Waals surface area contributed by atoms with E-state index in [4.69, 9.17) is 29.5 Å². The van der Waals surface area contributed by atoms with Gasteiger partial charge in [0.05, 0.1) is 51.8 Å². The van der Waals surface area contributed by atoms with E-state index < -0.39 is 0 Å². The molecule has 4 aromatic heterocycles. The van der Waals surface area contributed by atoms with E-state index in [-0.39, 0.29) is 146 Å². The van der Waals surface area contributed by atoms with Crippen molar-refractivity contribution in [1.82, 2.24) is 19.9 Å². The first-order chi connectivity index (χ1) is 54.2. The van der Waals surface area contributed by atoms with Crippen molar-refractivity contribution in [3.8, 4) is 95.7 Å². The summed E-state index contributed by atoms with van der Waals surface area (Å²) in [5, 5.41) is 72.8. The zero-order valence-electron chi connectivity index (χ0n) is 69.6. The second-order valence-electron chi connectivity index (χ2n) is 27.0. The molecule has 0 fully saturated rings. The topological polar surface area (TPSA) is 292 Å². The molecule has 0 unspecified atom stereocenters. The number of allylic oxidation sites excluding steroid dienone is 6. The van der Waals surface area contributed by atoms with Crippen LogP contribution < -0.4 is 14.2 Å². The number of ether oxygens (including phenoxy) is 3. The van der Waals surface area contributed by atoms with Crippen molar-refractivity contribution in [2.24, 2.45) is 0 Å². The van der Waals surface area contributed by atoms with Crippen molar-refractivity contribution in [1.29, 1.82) is 0 Å². The van der Waals surface area contributed by atoms with Gasteiger partial charge >= 0.3 is 0 Å². The number of carbonyl (C=O) groups excluding carboxylic acids is 3. The second kappa shape index (κ2) is 54.1. The number of aromatic nitrogens is 4. The van der Waals surface area contributed by atoms with E-state index in [1.54, 1.807) is 64.2 Å². The fourth-order valence-corrected chi connectivity index (χ4v) is 12.9. The van der Waals surface area contributed by atoms with Crippen LogP contribution in [0.3, 0.4) is 0 Å². The summed E-state index contributed by atoms with van der Waals surface area (Å²) in [7, 11) is 4.85. The van der Waals surface area contributed by atoms with E-state index in [0.717, 1.165) is 95.2 Å². The van der Waals surface area contributed by atoms with E-state index in [1.165, 1.54) is 127 Å². The van der Waals surface area contributed by atoms with Crippen molar-refractivity contribution >= 4 is 30.0 Å². The SMILES string of the molecule is CC(=O)C=C(C)O.CC(=O)C=C(C)O.CC(=O)C=C(C)O.COc1c[c-]c(-c2cc(-c3c(C)cc(C)cc3C)ccn2)c(CO)c1.COc1c[c-]c(-c2cc(CO)ccn2)c(-c2c(C)cc(C)cc2C)c1.COc1c[c-]c(-c2cc(CS)ccn2)c(CO)c1.Cc1cc(C)c(-c2c[c-]c(-c3cc(CO)ccn3)c(CO)c2)c(C)c1.[Rh].[Rh].[Rh].[Rh]. The van der Waals surface area contributed by atoms with Crippen molar-refractivity contribution in [2.45, 2.75) is 143 Å². The summed E-state index contributed by atoms with van der Waals surface area (Å²) in [6.45, 7) is 27.3. The molecule has 0 aliphatic carbocycles. The van der Waals surface area contributed by atoms with Gasteiger partial charge in [-0.2, -0.15) is 12.6 Å². The molecule has 634 valence electrons. The fourth-order valence-electron chi connectivity index (χ4n) is 12.7. The average molecular weight is 1970 g/mol. The van der Waals surface area contributed by atoms with Gasteiger partial charge in [0.25, 0.3) is 0 Å². The van der Waals surface area contributed by atoms with Gasteiger partial charge in [-0.05, 0) is 190 Å². The summed E-state index contributed by atoms with van der Waals surface area (Å²) in [6, 6.07) is 56.2. The zero-order chi connectivity index (χ0) is 84.5. The maximum absolute atomic E-state index is 10.0. The van der Waals surface area contributed by atoms with Gasteiger partial charge < -0.3 is 75.0 Å². The number of aryl methyl sites for hydroxylation is 9. The minimum absolute atomic E-state index is 0. The summed E-state index contributed by atoms with van der Waals surface area (Å²) in [5.41, 5.74) is 29.2.